The highest BCUT2D eigenvalue weighted by Gasteiger charge is 2.13. The molecule has 0 amide bonds. The van der Waals surface area contributed by atoms with Gasteiger partial charge in [-0.3, -0.25) is 0 Å². The molecule has 1 radical (unpaired) electrons. The van der Waals surface area contributed by atoms with Crippen molar-refractivity contribution >= 4 is 12.8 Å². The van der Waals surface area contributed by atoms with Crippen LogP contribution in [-0.2, 0) is 4.74 Å². The molecule has 1 aromatic rings. The molecule has 1 heterocycles. The molecule has 1 aromatic carbocycles. The molecule has 1 nitrogen and oxygen atoms in total. The molecule has 1 aliphatic rings. The molecule has 0 atom stereocenters. The van der Waals surface area contributed by atoms with E-state index in [4.69, 9.17) is 4.74 Å². The van der Waals surface area contributed by atoms with Crippen LogP contribution in [0.4, 0.5) is 13.2 Å². The van der Waals surface area contributed by atoms with E-state index in [1.807, 2.05) is 0 Å². The molecule has 15 heavy (non-hydrogen) atoms. The summed E-state index contributed by atoms with van der Waals surface area (Å²) in [7, 11) is 1.61. The molecule has 75 valence electrons. The van der Waals surface area contributed by atoms with Crippen molar-refractivity contribution in [3.8, 4) is 0 Å². The van der Waals surface area contributed by atoms with Gasteiger partial charge in [-0.05, 0) is 23.2 Å². The maximum atomic E-state index is 12.9. The van der Waals surface area contributed by atoms with Crippen LogP contribution in [0.1, 0.15) is 5.56 Å². The highest BCUT2D eigenvalue weighted by molar-refractivity contribution is 6.65. The van der Waals surface area contributed by atoms with Crippen LogP contribution in [0.25, 0.3) is 5.47 Å². The lowest BCUT2D eigenvalue weighted by Gasteiger charge is -2.08. The summed E-state index contributed by atoms with van der Waals surface area (Å²) in [6, 6.07) is 1.84. The van der Waals surface area contributed by atoms with Crippen LogP contribution in [0.3, 0.4) is 0 Å². The Labute approximate surface area is 85.1 Å². The molecule has 0 unspecified atom stereocenters. The van der Waals surface area contributed by atoms with Crippen molar-refractivity contribution < 1.29 is 17.9 Å². The fourth-order valence-corrected chi connectivity index (χ4v) is 1.23. The molecule has 0 fully saturated rings. The lowest BCUT2D eigenvalue weighted by molar-refractivity contribution is 0.404. The molecular weight excluding hydrogens is 204 g/mol. The van der Waals surface area contributed by atoms with E-state index in [0.717, 1.165) is 12.1 Å². The summed E-state index contributed by atoms with van der Waals surface area (Å²) in [5.74, 6) is -2.32. The SMILES string of the molecule is Fc1cc(C2=COC=C[B]2)cc(F)c1F. The zero-order chi connectivity index (χ0) is 10.8. The van der Waals surface area contributed by atoms with Crippen molar-refractivity contribution in [1.82, 2.24) is 0 Å². The van der Waals surface area contributed by atoms with Crippen LogP contribution in [0.2, 0.25) is 0 Å². The molecule has 0 aromatic heterocycles. The van der Waals surface area contributed by atoms with Gasteiger partial charge in [-0.25, -0.2) is 13.2 Å². The Kier molecular flexibility index (Phi) is 2.54. The maximum Gasteiger partial charge on any atom is 0.194 e. The van der Waals surface area contributed by atoms with Gasteiger partial charge in [0, 0.05) is 0 Å². The van der Waals surface area contributed by atoms with E-state index in [-0.39, 0.29) is 5.56 Å². The van der Waals surface area contributed by atoms with Crippen molar-refractivity contribution in [2.75, 3.05) is 0 Å². The Morgan fingerprint density at radius 1 is 1.07 bits per heavy atom. The molecular formula is C10H5BF3O. The standard InChI is InChI=1S/C10H5BF3O/c12-8-3-6(4-9(13)10(8)14)7-5-15-2-1-11-7/h1-5H. The van der Waals surface area contributed by atoms with Gasteiger partial charge in [0.2, 0.25) is 0 Å². The highest BCUT2D eigenvalue weighted by atomic mass is 19.2. The minimum Gasteiger partial charge on any atom is -0.474 e. The molecule has 1 aliphatic heterocycles. The van der Waals surface area contributed by atoms with Gasteiger partial charge < -0.3 is 4.74 Å². The summed E-state index contributed by atoms with van der Waals surface area (Å²) in [4.78, 5) is 0. The number of halogens is 3. The molecule has 0 N–H and O–H groups in total. The summed E-state index contributed by atoms with van der Waals surface area (Å²) < 4.78 is 43.2. The first-order chi connectivity index (χ1) is 7.18. The van der Waals surface area contributed by atoms with Crippen LogP contribution in [-0.4, -0.2) is 7.28 Å². The van der Waals surface area contributed by atoms with Gasteiger partial charge >= 0.3 is 0 Å². The van der Waals surface area contributed by atoms with Crippen molar-refractivity contribution in [3.63, 3.8) is 0 Å². The fraction of sp³-hybridized carbons (Fsp3) is 0. The summed E-state index contributed by atoms with van der Waals surface area (Å²) in [6.07, 6.45) is 2.74. The van der Waals surface area contributed by atoms with Gasteiger partial charge in [-0.15, -0.1) is 0 Å². The first-order valence-corrected chi connectivity index (χ1v) is 4.19. The second-order valence-corrected chi connectivity index (χ2v) is 2.96. The molecule has 0 saturated heterocycles. The van der Waals surface area contributed by atoms with E-state index in [2.05, 4.69) is 0 Å². The van der Waals surface area contributed by atoms with Crippen molar-refractivity contribution in [3.05, 3.63) is 53.6 Å². The molecule has 5 heteroatoms. The van der Waals surface area contributed by atoms with Gasteiger partial charge in [-0.2, -0.15) is 0 Å². The van der Waals surface area contributed by atoms with Gasteiger partial charge in [0.25, 0.3) is 0 Å². The van der Waals surface area contributed by atoms with Gasteiger partial charge in [-0.1, -0.05) is 5.98 Å². The molecule has 0 aliphatic carbocycles. The van der Waals surface area contributed by atoms with E-state index < -0.39 is 17.5 Å². The Hall–Kier alpha value is -1.65. The van der Waals surface area contributed by atoms with Crippen LogP contribution in [0.15, 0.2) is 30.6 Å². The lowest BCUT2D eigenvalue weighted by Crippen LogP contribution is -2.01. The molecule has 0 spiro atoms. The third-order valence-corrected chi connectivity index (χ3v) is 1.95. The maximum absolute atomic E-state index is 12.9. The third kappa shape index (κ3) is 1.91. The molecule has 2 rings (SSSR count). The normalized spacial score (nSPS) is 14.2. The predicted octanol–water partition coefficient (Wildman–Crippen LogP) is 2.61. The van der Waals surface area contributed by atoms with Crippen molar-refractivity contribution in [2.24, 2.45) is 0 Å². The first-order valence-electron chi connectivity index (χ1n) is 4.19. The second-order valence-electron chi connectivity index (χ2n) is 2.96. The number of hydrogen-bond donors (Lipinski definition) is 0. The van der Waals surface area contributed by atoms with Crippen LogP contribution in [0, 0.1) is 17.5 Å². The smallest absolute Gasteiger partial charge is 0.194 e. The zero-order valence-electron chi connectivity index (χ0n) is 7.51. The largest absolute Gasteiger partial charge is 0.474 e. The summed E-state index contributed by atoms with van der Waals surface area (Å²) >= 11 is 0. The summed E-state index contributed by atoms with van der Waals surface area (Å²) in [5, 5.41) is 0. The van der Waals surface area contributed by atoms with Crippen molar-refractivity contribution in [2.45, 2.75) is 0 Å². The Bertz CT molecular complexity index is 431. The average Bonchev–Trinajstić information content (AvgIpc) is 2.26. The Morgan fingerprint density at radius 3 is 2.27 bits per heavy atom. The minimum absolute atomic E-state index is 0.232. The number of ether oxygens (including phenoxy) is 1. The topological polar surface area (TPSA) is 9.23 Å². The quantitative estimate of drug-likeness (QED) is 0.510. The fourth-order valence-electron chi connectivity index (χ4n) is 1.23. The molecule has 0 saturated carbocycles. The van der Waals surface area contributed by atoms with E-state index in [1.165, 1.54) is 12.5 Å². The summed E-state index contributed by atoms with van der Waals surface area (Å²) in [6.45, 7) is 0. The molecule has 0 bridgehead atoms. The third-order valence-electron chi connectivity index (χ3n) is 1.95. The Balaban J connectivity index is 2.41. The van der Waals surface area contributed by atoms with Crippen LogP contribution >= 0.6 is 0 Å². The Morgan fingerprint density at radius 2 is 1.73 bits per heavy atom. The highest BCUT2D eigenvalue weighted by Crippen LogP contribution is 2.21. The number of rotatable bonds is 1. The van der Waals surface area contributed by atoms with Crippen molar-refractivity contribution in [1.29, 1.82) is 0 Å². The first kappa shape index (κ1) is 9.89. The van der Waals surface area contributed by atoms with E-state index in [9.17, 15) is 13.2 Å². The van der Waals surface area contributed by atoms with E-state index >= 15 is 0 Å². The van der Waals surface area contributed by atoms with E-state index in [0.29, 0.717) is 5.47 Å². The zero-order valence-corrected chi connectivity index (χ0v) is 7.51. The average molecular weight is 209 g/mol. The minimum atomic E-state index is -1.47. The van der Waals surface area contributed by atoms with Gasteiger partial charge in [0.15, 0.2) is 24.7 Å². The lowest BCUT2D eigenvalue weighted by atomic mass is 9.67. The monoisotopic (exact) mass is 209 g/mol. The van der Waals surface area contributed by atoms with Gasteiger partial charge in [0.05, 0.1) is 12.5 Å². The number of hydrogen-bond acceptors (Lipinski definition) is 1. The number of benzene rings is 1. The second kappa shape index (κ2) is 3.84. The summed E-state index contributed by atoms with van der Waals surface area (Å²) in [5.41, 5.74) is 0.714. The van der Waals surface area contributed by atoms with E-state index in [1.54, 1.807) is 13.3 Å². The van der Waals surface area contributed by atoms with Gasteiger partial charge in [0.1, 0.15) is 0 Å². The van der Waals surface area contributed by atoms with Crippen LogP contribution < -0.4 is 0 Å². The predicted molar refractivity (Wildman–Crippen MR) is 50.3 cm³/mol. The van der Waals surface area contributed by atoms with Crippen LogP contribution in [0.5, 0.6) is 0 Å².